The molecule has 72 valence electrons. The molecule has 0 saturated heterocycles. The Labute approximate surface area is 74.7 Å². The van der Waals surface area contributed by atoms with E-state index < -0.39 is 0 Å². The van der Waals surface area contributed by atoms with E-state index in [1.165, 1.54) is 0 Å². The molecule has 0 radical (unpaired) electrons. The Hall–Kier alpha value is -0.570. The summed E-state index contributed by atoms with van der Waals surface area (Å²) in [4.78, 5) is 11.1. The average molecular weight is 172 g/mol. The average Bonchev–Trinajstić information content (AvgIpc) is 2.00. The Morgan fingerprint density at radius 2 is 2.00 bits per heavy atom. The van der Waals surface area contributed by atoms with Crippen LogP contribution < -0.4 is 11.1 Å². The van der Waals surface area contributed by atoms with Crippen LogP contribution in [0.5, 0.6) is 0 Å². The third kappa shape index (κ3) is 5.13. The molecule has 0 aromatic rings. The second kappa shape index (κ2) is 6.00. The fourth-order valence-electron chi connectivity index (χ4n) is 0.866. The van der Waals surface area contributed by atoms with Gasteiger partial charge in [-0.2, -0.15) is 0 Å². The van der Waals surface area contributed by atoms with Crippen LogP contribution >= 0.6 is 0 Å². The number of carbonyl (C=O) groups is 1. The molecule has 0 aromatic carbocycles. The molecule has 0 aliphatic carbocycles. The molecule has 0 rings (SSSR count). The summed E-state index contributed by atoms with van der Waals surface area (Å²) in [5, 5.41) is 2.87. The van der Waals surface area contributed by atoms with Gasteiger partial charge in [-0.1, -0.05) is 20.8 Å². The maximum absolute atomic E-state index is 11.1. The predicted octanol–water partition coefficient (Wildman–Crippen LogP) is 0.743. The number of nitrogens with one attached hydrogen (secondary N) is 1. The lowest BCUT2D eigenvalue weighted by Gasteiger charge is -2.12. The molecule has 1 unspecified atom stereocenters. The number of hydrogen-bond donors (Lipinski definition) is 2. The number of carbonyl (C=O) groups excluding carboxylic acids is 1. The van der Waals surface area contributed by atoms with Crippen LogP contribution in [0, 0.1) is 11.8 Å². The highest BCUT2D eigenvalue weighted by molar-refractivity contribution is 5.77. The topological polar surface area (TPSA) is 55.1 Å². The highest BCUT2D eigenvalue weighted by atomic mass is 16.1. The zero-order valence-electron chi connectivity index (χ0n) is 8.26. The van der Waals surface area contributed by atoms with Crippen molar-refractivity contribution in [2.45, 2.75) is 27.2 Å². The third-order valence-electron chi connectivity index (χ3n) is 1.81. The van der Waals surface area contributed by atoms with Gasteiger partial charge in [-0.3, -0.25) is 4.79 Å². The number of rotatable bonds is 5. The van der Waals surface area contributed by atoms with Gasteiger partial charge in [-0.25, -0.2) is 0 Å². The molecular formula is C9H20N2O. The summed E-state index contributed by atoms with van der Waals surface area (Å²) in [5.74, 6) is 0.687. The van der Waals surface area contributed by atoms with Crippen molar-refractivity contribution in [2.75, 3.05) is 13.1 Å². The second-order valence-corrected chi connectivity index (χ2v) is 3.58. The largest absolute Gasteiger partial charge is 0.356 e. The van der Waals surface area contributed by atoms with Gasteiger partial charge < -0.3 is 11.1 Å². The van der Waals surface area contributed by atoms with Crippen LogP contribution in [-0.4, -0.2) is 19.0 Å². The Kier molecular flexibility index (Phi) is 5.72. The summed E-state index contributed by atoms with van der Waals surface area (Å²) in [6, 6.07) is 0. The van der Waals surface area contributed by atoms with Crippen molar-refractivity contribution in [3.8, 4) is 0 Å². The second-order valence-electron chi connectivity index (χ2n) is 3.58. The van der Waals surface area contributed by atoms with E-state index in [0.717, 1.165) is 13.0 Å². The van der Waals surface area contributed by atoms with Crippen LogP contribution in [0.1, 0.15) is 27.2 Å². The minimum atomic E-state index is 0.0788. The lowest BCUT2D eigenvalue weighted by Crippen LogP contribution is -2.32. The maximum Gasteiger partial charge on any atom is 0.222 e. The molecule has 0 bridgehead atoms. The first-order chi connectivity index (χ1) is 5.57. The van der Waals surface area contributed by atoms with Gasteiger partial charge in [0, 0.05) is 12.5 Å². The van der Waals surface area contributed by atoms with E-state index in [2.05, 4.69) is 12.2 Å². The minimum absolute atomic E-state index is 0.0788. The van der Waals surface area contributed by atoms with Crippen LogP contribution in [-0.2, 0) is 4.79 Å². The van der Waals surface area contributed by atoms with Crippen molar-refractivity contribution >= 4 is 5.91 Å². The fourth-order valence-corrected chi connectivity index (χ4v) is 0.866. The highest BCUT2D eigenvalue weighted by Crippen LogP contribution is 1.98. The quantitative estimate of drug-likeness (QED) is 0.642. The van der Waals surface area contributed by atoms with Gasteiger partial charge in [0.2, 0.25) is 5.91 Å². The van der Waals surface area contributed by atoms with Gasteiger partial charge in [0.25, 0.3) is 0 Å². The summed E-state index contributed by atoms with van der Waals surface area (Å²) in [7, 11) is 0. The Morgan fingerprint density at radius 1 is 1.42 bits per heavy atom. The molecule has 0 fully saturated rings. The Balaban J connectivity index is 3.47. The van der Waals surface area contributed by atoms with Crippen LogP contribution in [0.3, 0.4) is 0 Å². The zero-order chi connectivity index (χ0) is 9.56. The molecule has 3 heteroatoms. The van der Waals surface area contributed by atoms with Crippen LogP contribution in [0.15, 0.2) is 0 Å². The molecule has 1 amide bonds. The van der Waals surface area contributed by atoms with Crippen LogP contribution in [0.2, 0.25) is 0 Å². The molecule has 0 aromatic heterocycles. The van der Waals surface area contributed by atoms with Gasteiger partial charge in [-0.15, -0.1) is 0 Å². The minimum Gasteiger partial charge on any atom is -0.356 e. The first-order valence-electron chi connectivity index (χ1n) is 4.55. The molecule has 3 nitrogen and oxygen atoms in total. The van der Waals surface area contributed by atoms with Crippen molar-refractivity contribution < 1.29 is 4.79 Å². The molecule has 0 aliphatic rings. The van der Waals surface area contributed by atoms with Crippen molar-refractivity contribution in [1.82, 2.24) is 5.32 Å². The van der Waals surface area contributed by atoms with Crippen molar-refractivity contribution in [1.29, 1.82) is 0 Å². The van der Waals surface area contributed by atoms with E-state index in [1.807, 2.05) is 13.8 Å². The van der Waals surface area contributed by atoms with Crippen molar-refractivity contribution in [3.05, 3.63) is 0 Å². The molecule has 0 heterocycles. The maximum atomic E-state index is 11.1. The van der Waals surface area contributed by atoms with Crippen LogP contribution in [0.4, 0.5) is 0 Å². The standard InChI is InChI=1S/C9H20N2O/c1-7(2)9(12)11-6-8(3)4-5-10/h7-8H,4-6,10H2,1-3H3,(H,11,12). The SMILES string of the molecule is CC(CCN)CNC(=O)C(C)C. The Morgan fingerprint density at radius 3 is 2.42 bits per heavy atom. The molecule has 12 heavy (non-hydrogen) atoms. The molecule has 0 aliphatic heterocycles. The first kappa shape index (κ1) is 11.4. The smallest absolute Gasteiger partial charge is 0.222 e. The molecule has 0 spiro atoms. The number of hydrogen-bond acceptors (Lipinski definition) is 2. The Bertz CT molecular complexity index is 134. The van der Waals surface area contributed by atoms with Gasteiger partial charge >= 0.3 is 0 Å². The lowest BCUT2D eigenvalue weighted by atomic mass is 10.1. The van der Waals surface area contributed by atoms with Crippen molar-refractivity contribution in [2.24, 2.45) is 17.6 Å². The first-order valence-corrected chi connectivity index (χ1v) is 4.55. The molecular weight excluding hydrogens is 152 g/mol. The summed E-state index contributed by atoms with van der Waals surface area (Å²) < 4.78 is 0. The molecule has 0 saturated carbocycles. The lowest BCUT2D eigenvalue weighted by molar-refractivity contribution is -0.124. The summed E-state index contributed by atoms with van der Waals surface area (Å²) in [5.41, 5.74) is 5.38. The third-order valence-corrected chi connectivity index (χ3v) is 1.81. The highest BCUT2D eigenvalue weighted by Gasteiger charge is 2.07. The summed E-state index contributed by atoms with van der Waals surface area (Å²) >= 11 is 0. The van der Waals surface area contributed by atoms with E-state index in [9.17, 15) is 4.79 Å². The predicted molar refractivity (Wildman–Crippen MR) is 50.7 cm³/mol. The monoisotopic (exact) mass is 172 g/mol. The summed E-state index contributed by atoms with van der Waals surface area (Å²) in [6.07, 6.45) is 0.971. The van der Waals surface area contributed by atoms with E-state index in [0.29, 0.717) is 12.5 Å². The van der Waals surface area contributed by atoms with Gasteiger partial charge in [-0.05, 0) is 18.9 Å². The fraction of sp³-hybridized carbons (Fsp3) is 0.889. The van der Waals surface area contributed by atoms with E-state index >= 15 is 0 Å². The number of nitrogens with two attached hydrogens (primary N) is 1. The van der Waals surface area contributed by atoms with Crippen molar-refractivity contribution in [3.63, 3.8) is 0 Å². The molecule has 1 atom stereocenters. The number of amides is 1. The summed E-state index contributed by atoms with van der Waals surface area (Å²) in [6.45, 7) is 7.31. The van der Waals surface area contributed by atoms with E-state index in [1.54, 1.807) is 0 Å². The zero-order valence-corrected chi connectivity index (χ0v) is 8.26. The van der Waals surface area contributed by atoms with Gasteiger partial charge in [0.05, 0.1) is 0 Å². The van der Waals surface area contributed by atoms with E-state index in [-0.39, 0.29) is 11.8 Å². The van der Waals surface area contributed by atoms with E-state index in [4.69, 9.17) is 5.73 Å². The van der Waals surface area contributed by atoms with Gasteiger partial charge in [0.1, 0.15) is 0 Å². The molecule has 3 N–H and O–H groups in total. The van der Waals surface area contributed by atoms with Gasteiger partial charge in [0.15, 0.2) is 0 Å². The van der Waals surface area contributed by atoms with Crippen LogP contribution in [0.25, 0.3) is 0 Å². The normalized spacial score (nSPS) is 13.1.